The number of carbonyl (C=O) groups excluding carboxylic acids is 1. The zero-order valence-corrected chi connectivity index (χ0v) is 17.4. The first-order chi connectivity index (χ1) is 13.7. The summed E-state index contributed by atoms with van der Waals surface area (Å²) >= 11 is 1.49. The van der Waals surface area contributed by atoms with Crippen molar-refractivity contribution in [2.24, 2.45) is 0 Å². The average Bonchev–Trinajstić information content (AvgIpc) is 3.30. The molecule has 3 heterocycles. The molecular formula is C18H17N5O4S2. The minimum absolute atomic E-state index is 0.0296. The first kappa shape index (κ1) is 19.2. The van der Waals surface area contributed by atoms with Gasteiger partial charge in [-0.1, -0.05) is 5.16 Å². The van der Waals surface area contributed by atoms with Crippen molar-refractivity contribution < 1.29 is 17.7 Å². The minimum Gasteiger partial charge on any atom is -0.337 e. The third kappa shape index (κ3) is 3.74. The van der Waals surface area contributed by atoms with Crippen LogP contribution < -0.4 is 10.0 Å². The molecule has 0 bridgehead atoms. The maximum absolute atomic E-state index is 12.5. The predicted molar refractivity (Wildman–Crippen MR) is 109 cm³/mol. The van der Waals surface area contributed by atoms with Gasteiger partial charge in [0.15, 0.2) is 4.96 Å². The largest absolute Gasteiger partial charge is 0.337 e. The Bertz CT molecular complexity index is 1280. The van der Waals surface area contributed by atoms with E-state index < -0.39 is 10.0 Å². The molecule has 0 saturated heterocycles. The van der Waals surface area contributed by atoms with Crippen LogP contribution in [0.1, 0.15) is 26.6 Å². The van der Waals surface area contributed by atoms with Crippen molar-refractivity contribution in [1.82, 2.24) is 14.5 Å². The number of anilines is 2. The van der Waals surface area contributed by atoms with Gasteiger partial charge in [0.2, 0.25) is 5.88 Å². The molecule has 0 aliphatic heterocycles. The van der Waals surface area contributed by atoms with Crippen LogP contribution in [0.15, 0.2) is 46.1 Å². The zero-order valence-electron chi connectivity index (χ0n) is 15.8. The maximum Gasteiger partial charge on any atom is 0.275 e. The summed E-state index contributed by atoms with van der Waals surface area (Å²) < 4.78 is 34.2. The lowest BCUT2D eigenvalue weighted by molar-refractivity contribution is 0.102. The van der Waals surface area contributed by atoms with E-state index >= 15 is 0 Å². The molecule has 0 aliphatic carbocycles. The van der Waals surface area contributed by atoms with Gasteiger partial charge in [0, 0.05) is 28.5 Å². The number of thiazole rings is 1. The highest BCUT2D eigenvalue weighted by atomic mass is 32.2. The van der Waals surface area contributed by atoms with Crippen LogP contribution in [0.3, 0.4) is 0 Å². The van der Waals surface area contributed by atoms with Crippen molar-refractivity contribution in [3.63, 3.8) is 0 Å². The lowest BCUT2D eigenvalue weighted by Crippen LogP contribution is -2.14. The molecule has 0 saturated carbocycles. The molecule has 0 atom stereocenters. The second-order valence-electron chi connectivity index (χ2n) is 6.46. The van der Waals surface area contributed by atoms with E-state index in [0.717, 1.165) is 9.84 Å². The summed E-state index contributed by atoms with van der Waals surface area (Å²) in [5.74, 6) is -0.296. The van der Waals surface area contributed by atoms with Gasteiger partial charge in [-0.2, -0.15) is 0 Å². The topological polar surface area (TPSA) is 119 Å². The minimum atomic E-state index is -3.84. The SMILES string of the molecule is Cc1cn2cc(C(=O)Nc3ccc(S(=O)(=O)Nc4onc(C)c4C)cc3)nc2s1. The van der Waals surface area contributed by atoms with Crippen LogP contribution in [-0.4, -0.2) is 28.9 Å². The number of aryl methyl sites for hydroxylation is 2. The highest BCUT2D eigenvalue weighted by molar-refractivity contribution is 7.92. The average molecular weight is 431 g/mol. The van der Waals surface area contributed by atoms with Gasteiger partial charge >= 0.3 is 0 Å². The molecule has 29 heavy (non-hydrogen) atoms. The molecule has 4 rings (SSSR count). The lowest BCUT2D eigenvalue weighted by atomic mass is 10.3. The van der Waals surface area contributed by atoms with Crippen LogP contribution in [0.4, 0.5) is 11.6 Å². The van der Waals surface area contributed by atoms with Gasteiger partial charge in [-0.05, 0) is 45.0 Å². The predicted octanol–water partition coefficient (Wildman–Crippen LogP) is 3.36. The molecular weight excluding hydrogens is 414 g/mol. The molecule has 0 fully saturated rings. The summed E-state index contributed by atoms with van der Waals surface area (Å²) in [4.78, 5) is 18.5. The fraction of sp³-hybridized carbons (Fsp3) is 0.167. The maximum atomic E-state index is 12.5. The molecule has 0 radical (unpaired) electrons. The van der Waals surface area contributed by atoms with Crippen LogP contribution in [0.5, 0.6) is 0 Å². The highest BCUT2D eigenvalue weighted by Crippen LogP contribution is 2.23. The Balaban J connectivity index is 1.48. The first-order valence-electron chi connectivity index (χ1n) is 8.55. The van der Waals surface area contributed by atoms with Crippen LogP contribution in [-0.2, 0) is 10.0 Å². The molecule has 9 nitrogen and oxygen atoms in total. The smallest absolute Gasteiger partial charge is 0.275 e. The lowest BCUT2D eigenvalue weighted by Gasteiger charge is -2.07. The highest BCUT2D eigenvalue weighted by Gasteiger charge is 2.19. The van der Waals surface area contributed by atoms with Gasteiger partial charge in [-0.15, -0.1) is 11.3 Å². The van der Waals surface area contributed by atoms with Crippen LogP contribution in [0, 0.1) is 20.8 Å². The molecule has 2 N–H and O–H groups in total. The standard InChI is InChI=1S/C18H17N5O4S2/c1-10-8-23-9-15(20-18(23)28-10)16(24)19-13-4-6-14(7-5-13)29(25,26)22-17-11(2)12(3)21-27-17/h4-9,22H,1-3H3,(H,19,24). The fourth-order valence-corrected chi connectivity index (χ4v) is 4.48. The Hall–Kier alpha value is -3.18. The molecule has 1 amide bonds. The fourth-order valence-electron chi connectivity index (χ4n) is 2.62. The van der Waals surface area contributed by atoms with E-state index in [2.05, 4.69) is 20.2 Å². The quantitative estimate of drug-likeness (QED) is 0.500. The third-order valence-corrected chi connectivity index (χ3v) is 6.57. The second kappa shape index (κ2) is 7.01. The van der Waals surface area contributed by atoms with E-state index in [0.29, 0.717) is 16.9 Å². The van der Waals surface area contributed by atoms with Crippen molar-refractivity contribution in [1.29, 1.82) is 0 Å². The number of sulfonamides is 1. The number of hydrogen-bond donors (Lipinski definition) is 2. The molecule has 0 aliphatic rings. The first-order valence-corrected chi connectivity index (χ1v) is 10.8. The summed E-state index contributed by atoms with van der Waals surface area (Å²) in [6, 6.07) is 5.80. The molecule has 0 spiro atoms. The molecule has 3 aromatic heterocycles. The Morgan fingerprint density at radius 1 is 1.14 bits per heavy atom. The van der Waals surface area contributed by atoms with E-state index in [4.69, 9.17) is 4.52 Å². The number of benzene rings is 1. The van der Waals surface area contributed by atoms with Gasteiger partial charge in [0.1, 0.15) is 5.69 Å². The van der Waals surface area contributed by atoms with Gasteiger partial charge < -0.3 is 9.84 Å². The molecule has 11 heteroatoms. The van der Waals surface area contributed by atoms with E-state index in [-0.39, 0.29) is 22.4 Å². The second-order valence-corrected chi connectivity index (χ2v) is 9.36. The normalized spacial score (nSPS) is 11.7. The van der Waals surface area contributed by atoms with Crippen molar-refractivity contribution in [3.05, 3.63) is 58.5 Å². The van der Waals surface area contributed by atoms with E-state index in [9.17, 15) is 13.2 Å². The number of nitrogens with zero attached hydrogens (tertiary/aromatic N) is 3. The van der Waals surface area contributed by atoms with Crippen LogP contribution >= 0.6 is 11.3 Å². The monoisotopic (exact) mass is 431 g/mol. The summed E-state index contributed by atoms with van der Waals surface area (Å²) in [7, 11) is -3.84. The van der Waals surface area contributed by atoms with Gasteiger partial charge in [-0.3, -0.25) is 9.20 Å². The van der Waals surface area contributed by atoms with Crippen molar-refractivity contribution in [3.8, 4) is 0 Å². The van der Waals surface area contributed by atoms with Gasteiger partial charge in [0.25, 0.3) is 15.9 Å². The number of fused-ring (bicyclic) bond motifs is 1. The number of carbonyl (C=O) groups is 1. The van der Waals surface area contributed by atoms with Crippen LogP contribution in [0.2, 0.25) is 0 Å². The van der Waals surface area contributed by atoms with E-state index in [1.165, 1.54) is 35.6 Å². The zero-order chi connectivity index (χ0) is 20.8. The number of rotatable bonds is 5. The Labute approximate surface area is 170 Å². The van der Waals surface area contributed by atoms with Gasteiger partial charge in [-0.25, -0.2) is 18.1 Å². The molecule has 0 unspecified atom stereocenters. The third-order valence-electron chi connectivity index (χ3n) is 4.31. The Morgan fingerprint density at radius 2 is 1.86 bits per heavy atom. The molecule has 150 valence electrons. The molecule has 1 aromatic carbocycles. The van der Waals surface area contributed by atoms with E-state index in [1.54, 1.807) is 24.4 Å². The van der Waals surface area contributed by atoms with Crippen molar-refractivity contribution >= 4 is 43.8 Å². The number of nitrogens with one attached hydrogen (secondary N) is 2. The Morgan fingerprint density at radius 3 is 2.48 bits per heavy atom. The van der Waals surface area contributed by atoms with Crippen molar-refractivity contribution in [2.75, 3.05) is 10.0 Å². The van der Waals surface area contributed by atoms with E-state index in [1.807, 2.05) is 13.1 Å². The van der Waals surface area contributed by atoms with Gasteiger partial charge in [0.05, 0.1) is 10.6 Å². The number of imidazole rings is 1. The summed E-state index contributed by atoms with van der Waals surface area (Å²) in [6.45, 7) is 5.40. The number of amides is 1. The Kier molecular flexibility index (Phi) is 4.63. The number of aromatic nitrogens is 3. The van der Waals surface area contributed by atoms with Crippen LogP contribution in [0.25, 0.3) is 4.96 Å². The summed E-state index contributed by atoms with van der Waals surface area (Å²) in [5.41, 5.74) is 1.96. The number of hydrogen-bond acceptors (Lipinski definition) is 7. The molecule has 4 aromatic rings. The summed E-state index contributed by atoms with van der Waals surface area (Å²) in [6.07, 6.45) is 3.55. The van der Waals surface area contributed by atoms with Crippen molar-refractivity contribution in [2.45, 2.75) is 25.7 Å². The summed E-state index contributed by atoms with van der Waals surface area (Å²) in [5, 5.41) is 6.44.